The number of ether oxygens (including phenoxy) is 1. The maximum absolute atomic E-state index is 5.92. The van der Waals surface area contributed by atoms with Crippen LogP contribution in [0.25, 0.3) is 0 Å². The Morgan fingerprint density at radius 1 is 0.783 bits per heavy atom. The van der Waals surface area contributed by atoms with E-state index in [4.69, 9.17) is 4.74 Å². The van der Waals surface area contributed by atoms with Crippen LogP contribution in [0.15, 0.2) is 30.3 Å². The predicted octanol–water partition coefficient (Wildman–Crippen LogP) is 7.11. The predicted molar refractivity (Wildman–Crippen MR) is 102 cm³/mol. The fourth-order valence-corrected chi connectivity index (χ4v) is 2.98. The highest BCUT2D eigenvalue weighted by atomic mass is 16.5. The minimum atomic E-state index is 0.830. The van der Waals surface area contributed by atoms with Gasteiger partial charge >= 0.3 is 0 Å². The molecule has 0 N–H and O–H groups in total. The molecule has 3 atom stereocenters. The second-order valence-electron chi connectivity index (χ2n) is 7.35. The van der Waals surface area contributed by atoms with Crippen LogP contribution in [0.3, 0.4) is 0 Å². The van der Waals surface area contributed by atoms with Gasteiger partial charge in [-0.2, -0.15) is 0 Å². The van der Waals surface area contributed by atoms with Gasteiger partial charge in [0, 0.05) is 0 Å². The third kappa shape index (κ3) is 9.69. The molecule has 0 aromatic heterocycles. The molecule has 1 aromatic carbocycles. The van der Waals surface area contributed by atoms with E-state index in [1.807, 2.05) is 18.2 Å². The lowest BCUT2D eigenvalue weighted by molar-refractivity contribution is 0.252. The second-order valence-corrected chi connectivity index (χ2v) is 7.35. The van der Waals surface area contributed by atoms with Gasteiger partial charge in [-0.3, -0.25) is 0 Å². The van der Waals surface area contributed by atoms with E-state index in [2.05, 4.69) is 39.8 Å². The van der Waals surface area contributed by atoms with E-state index >= 15 is 0 Å². The third-order valence-electron chi connectivity index (χ3n) is 5.31. The van der Waals surface area contributed by atoms with Crippen molar-refractivity contribution in [1.29, 1.82) is 0 Å². The van der Waals surface area contributed by atoms with Crippen LogP contribution in [0.5, 0.6) is 5.75 Å². The van der Waals surface area contributed by atoms with Crippen LogP contribution in [0.4, 0.5) is 0 Å². The highest BCUT2D eigenvalue weighted by Gasteiger charge is 2.12. The van der Waals surface area contributed by atoms with Crippen LogP contribution in [0, 0.1) is 17.8 Å². The largest absolute Gasteiger partial charge is 0.494 e. The molecule has 0 aliphatic heterocycles. The zero-order chi connectivity index (χ0) is 16.9. The Morgan fingerprint density at radius 2 is 1.43 bits per heavy atom. The molecule has 0 saturated heterocycles. The lowest BCUT2D eigenvalue weighted by atomic mass is 9.88. The molecule has 0 heterocycles. The highest BCUT2D eigenvalue weighted by Crippen LogP contribution is 2.24. The molecule has 1 rings (SSSR count). The van der Waals surface area contributed by atoms with E-state index < -0.39 is 0 Å². The van der Waals surface area contributed by atoms with Gasteiger partial charge in [0.2, 0.25) is 0 Å². The average Bonchev–Trinajstić information content (AvgIpc) is 2.59. The van der Waals surface area contributed by atoms with Crippen LogP contribution in [0.2, 0.25) is 0 Å². The Hall–Kier alpha value is -0.980. The topological polar surface area (TPSA) is 9.23 Å². The summed E-state index contributed by atoms with van der Waals surface area (Å²) in [7, 11) is 0. The van der Waals surface area contributed by atoms with Gasteiger partial charge in [-0.25, -0.2) is 0 Å². The van der Waals surface area contributed by atoms with Gasteiger partial charge < -0.3 is 4.74 Å². The second kappa shape index (κ2) is 12.4. The standard InChI is InChI=1S/C22H38O/c1-5-19(3)11-10-12-21(16-15-20(4)6-2)17-18-23-22-13-8-7-9-14-22/h7-9,13-14,19-21H,5-6,10-12,15-18H2,1-4H3. The van der Waals surface area contributed by atoms with Crippen molar-refractivity contribution in [3.05, 3.63) is 30.3 Å². The molecule has 1 heteroatoms. The maximum atomic E-state index is 5.92. The average molecular weight is 319 g/mol. The molecular formula is C22H38O. The minimum absolute atomic E-state index is 0.830. The van der Waals surface area contributed by atoms with E-state index in [0.717, 1.165) is 30.1 Å². The van der Waals surface area contributed by atoms with Crippen molar-refractivity contribution in [2.24, 2.45) is 17.8 Å². The van der Waals surface area contributed by atoms with Crippen LogP contribution >= 0.6 is 0 Å². The zero-order valence-electron chi connectivity index (χ0n) is 15.9. The number of para-hydroxylation sites is 1. The van der Waals surface area contributed by atoms with Crippen molar-refractivity contribution < 1.29 is 4.74 Å². The van der Waals surface area contributed by atoms with Crippen molar-refractivity contribution in [2.45, 2.75) is 79.1 Å². The number of rotatable bonds is 13. The summed E-state index contributed by atoms with van der Waals surface area (Å²) in [5, 5.41) is 0. The van der Waals surface area contributed by atoms with Gasteiger partial charge in [0.05, 0.1) is 6.61 Å². The first-order valence-electron chi connectivity index (χ1n) is 9.83. The lowest BCUT2D eigenvalue weighted by Crippen LogP contribution is -2.10. The molecule has 0 spiro atoms. The van der Waals surface area contributed by atoms with Gasteiger partial charge in [-0.15, -0.1) is 0 Å². The van der Waals surface area contributed by atoms with Crippen LogP contribution in [0.1, 0.15) is 79.1 Å². The monoisotopic (exact) mass is 318 g/mol. The fraction of sp³-hybridized carbons (Fsp3) is 0.727. The summed E-state index contributed by atoms with van der Waals surface area (Å²) in [5.74, 6) is 3.58. The first kappa shape index (κ1) is 20.1. The van der Waals surface area contributed by atoms with E-state index in [-0.39, 0.29) is 0 Å². The lowest BCUT2D eigenvalue weighted by Gasteiger charge is -2.20. The van der Waals surface area contributed by atoms with Crippen molar-refractivity contribution in [2.75, 3.05) is 6.61 Å². The molecule has 0 saturated carbocycles. The van der Waals surface area contributed by atoms with E-state index in [1.165, 1.54) is 51.4 Å². The molecule has 0 amide bonds. The Kier molecular flexibility index (Phi) is 10.9. The SMILES string of the molecule is CCC(C)CCCC(CCOc1ccccc1)CCC(C)CC. The Labute approximate surface area is 144 Å². The molecule has 0 fully saturated rings. The Morgan fingerprint density at radius 3 is 2.09 bits per heavy atom. The van der Waals surface area contributed by atoms with Crippen LogP contribution in [-0.2, 0) is 0 Å². The quantitative estimate of drug-likeness (QED) is 0.376. The molecule has 1 nitrogen and oxygen atoms in total. The molecule has 132 valence electrons. The smallest absolute Gasteiger partial charge is 0.119 e. The van der Waals surface area contributed by atoms with E-state index in [9.17, 15) is 0 Å². The third-order valence-corrected chi connectivity index (χ3v) is 5.31. The van der Waals surface area contributed by atoms with Crippen molar-refractivity contribution in [1.82, 2.24) is 0 Å². The minimum Gasteiger partial charge on any atom is -0.494 e. The van der Waals surface area contributed by atoms with Crippen molar-refractivity contribution in [3.63, 3.8) is 0 Å². The van der Waals surface area contributed by atoms with E-state index in [0.29, 0.717) is 0 Å². The molecule has 0 bridgehead atoms. The van der Waals surface area contributed by atoms with E-state index in [1.54, 1.807) is 0 Å². The van der Waals surface area contributed by atoms with Gasteiger partial charge in [0.25, 0.3) is 0 Å². The summed E-state index contributed by atoms with van der Waals surface area (Å²) >= 11 is 0. The molecule has 23 heavy (non-hydrogen) atoms. The fourth-order valence-electron chi connectivity index (χ4n) is 2.98. The van der Waals surface area contributed by atoms with Gasteiger partial charge in [-0.1, -0.05) is 90.8 Å². The van der Waals surface area contributed by atoms with Gasteiger partial charge in [0.1, 0.15) is 5.75 Å². The van der Waals surface area contributed by atoms with Gasteiger partial charge in [-0.05, 0) is 36.3 Å². The Bertz CT molecular complexity index is 373. The van der Waals surface area contributed by atoms with Crippen LogP contribution in [-0.4, -0.2) is 6.61 Å². The highest BCUT2D eigenvalue weighted by molar-refractivity contribution is 5.20. The Balaban J connectivity index is 2.33. The zero-order valence-corrected chi connectivity index (χ0v) is 15.9. The molecule has 0 aliphatic carbocycles. The number of benzene rings is 1. The van der Waals surface area contributed by atoms with Gasteiger partial charge in [0.15, 0.2) is 0 Å². The summed E-state index contributed by atoms with van der Waals surface area (Å²) in [6.07, 6.45) is 10.7. The molecule has 3 unspecified atom stereocenters. The molecule has 0 radical (unpaired) electrons. The summed E-state index contributed by atoms with van der Waals surface area (Å²) in [6, 6.07) is 10.2. The number of hydrogen-bond donors (Lipinski definition) is 0. The first-order valence-corrected chi connectivity index (χ1v) is 9.83. The summed E-state index contributed by atoms with van der Waals surface area (Å²) in [5.41, 5.74) is 0. The van der Waals surface area contributed by atoms with Crippen molar-refractivity contribution in [3.8, 4) is 5.75 Å². The molecule has 0 aliphatic rings. The summed E-state index contributed by atoms with van der Waals surface area (Å²) in [6.45, 7) is 10.2. The normalized spacial score (nSPS) is 15.1. The number of hydrogen-bond acceptors (Lipinski definition) is 1. The summed E-state index contributed by atoms with van der Waals surface area (Å²) in [4.78, 5) is 0. The molecular weight excluding hydrogens is 280 g/mol. The van der Waals surface area contributed by atoms with Crippen molar-refractivity contribution >= 4 is 0 Å². The maximum Gasteiger partial charge on any atom is 0.119 e. The first-order chi connectivity index (χ1) is 11.2. The summed E-state index contributed by atoms with van der Waals surface area (Å²) < 4.78 is 5.92. The van der Waals surface area contributed by atoms with Crippen LogP contribution < -0.4 is 4.74 Å². The molecule has 1 aromatic rings.